The summed E-state index contributed by atoms with van der Waals surface area (Å²) < 4.78 is 5.34. The van der Waals surface area contributed by atoms with E-state index in [-0.39, 0.29) is 0 Å². The predicted octanol–water partition coefficient (Wildman–Crippen LogP) is 3.15. The molecule has 0 heterocycles. The molecule has 1 fully saturated rings. The Morgan fingerprint density at radius 1 is 1.20 bits per heavy atom. The molecule has 0 aliphatic heterocycles. The third kappa shape index (κ3) is 5.71. The van der Waals surface area contributed by atoms with E-state index in [2.05, 4.69) is 37.9 Å². The van der Waals surface area contributed by atoms with Gasteiger partial charge < -0.3 is 10.1 Å². The SMILES string of the molecule is CCN(CC1(CNCC(C)C)CCCC1)C(C)COC. The molecule has 1 unspecified atom stereocenters. The molecule has 1 N–H and O–H groups in total. The highest BCUT2D eigenvalue weighted by Gasteiger charge is 2.35. The molecule has 1 saturated carbocycles. The smallest absolute Gasteiger partial charge is 0.0615 e. The summed E-state index contributed by atoms with van der Waals surface area (Å²) >= 11 is 0. The summed E-state index contributed by atoms with van der Waals surface area (Å²) in [5.74, 6) is 0.739. The fourth-order valence-electron chi connectivity index (χ4n) is 3.50. The van der Waals surface area contributed by atoms with E-state index < -0.39 is 0 Å². The van der Waals surface area contributed by atoms with Crippen molar-refractivity contribution in [3.63, 3.8) is 0 Å². The molecule has 0 radical (unpaired) electrons. The highest BCUT2D eigenvalue weighted by atomic mass is 16.5. The van der Waals surface area contributed by atoms with Crippen LogP contribution in [0.3, 0.4) is 0 Å². The van der Waals surface area contributed by atoms with Crippen molar-refractivity contribution in [2.24, 2.45) is 11.3 Å². The fourth-order valence-corrected chi connectivity index (χ4v) is 3.50. The molecule has 1 aliphatic carbocycles. The second-order valence-corrected chi connectivity index (χ2v) is 7.10. The van der Waals surface area contributed by atoms with Gasteiger partial charge in [-0.15, -0.1) is 0 Å². The molecule has 0 spiro atoms. The highest BCUT2D eigenvalue weighted by Crippen LogP contribution is 2.38. The zero-order valence-corrected chi connectivity index (χ0v) is 14.4. The molecule has 0 saturated heterocycles. The lowest BCUT2D eigenvalue weighted by Crippen LogP contribution is -2.47. The zero-order chi connectivity index (χ0) is 15.0. The van der Waals surface area contributed by atoms with Gasteiger partial charge in [0.2, 0.25) is 0 Å². The number of likely N-dealkylation sites (N-methyl/N-ethyl adjacent to an activating group) is 1. The summed E-state index contributed by atoms with van der Waals surface area (Å²) in [5, 5.41) is 3.71. The lowest BCUT2D eigenvalue weighted by molar-refractivity contribution is 0.0664. The van der Waals surface area contributed by atoms with Crippen LogP contribution in [0.2, 0.25) is 0 Å². The van der Waals surface area contributed by atoms with Gasteiger partial charge in [0, 0.05) is 26.2 Å². The van der Waals surface area contributed by atoms with Crippen molar-refractivity contribution in [1.29, 1.82) is 0 Å². The first-order valence-electron chi connectivity index (χ1n) is 8.46. The Bertz CT molecular complexity index is 249. The van der Waals surface area contributed by atoms with Crippen LogP contribution in [0.5, 0.6) is 0 Å². The van der Waals surface area contributed by atoms with Gasteiger partial charge in [-0.05, 0) is 44.2 Å². The minimum atomic E-state index is 0.493. The molecule has 20 heavy (non-hydrogen) atoms. The molecule has 120 valence electrons. The van der Waals surface area contributed by atoms with Crippen LogP contribution < -0.4 is 5.32 Å². The summed E-state index contributed by atoms with van der Waals surface area (Å²) in [6, 6.07) is 0.521. The van der Waals surface area contributed by atoms with Crippen molar-refractivity contribution < 1.29 is 4.74 Å². The van der Waals surface area contributed by atoms with Gasteiger partial charge in [-0.1, -0.05) is 33.6 Å². The topological polar surface area (TPSA) is 24.5 Å². The van der Waals surface area contributed by atoms with Gasteiger partial charge in [0.1, 0.15) is 0 Å². The monoisotopic (exact) mass is 284 g/mol. The summed E-state index contributed by atoms with van der Waals surface area (Å²) in [7, 11) is 1.81. The van der Waals surface area contributed by atoms with Crippen LogP contribution >= 0.6 is 0 Å². The largest absolute Gasteiger partial charge is 0.383 e. The zero-order valence-electron chi connectivity index (χ0n) is 14.4. The number of nitrogens with zero attached hydrogens (tertiary/aromatic N) is 1. The lowest BCUT2D eigenvalue weighted by atomic mass is 9.84. The van der Waals surface area contributed by atoms with Gasteiger partial charge in [-0.3, -0.25) is 4.90 Å². The van der Waals surface area contributed by atoms with Crippen molar-refractivity contribution in [2.45, 2.75) is 59.4 Å². The van der Waals surface area contributed by atoms with E-state index in [4.69, 9.17) is 4.74 Å². The molecule has 3 nitrogen and oxygen atoms in total. The Hall–Kier alpha value is -0.120. The van der Waals surface area contributed by atoms with Crippen molar-refractivity contribution in [3.05, 3.63) is 0 Å². The normalized spacial score (nSPS) is 19.9. The highest BCUT2D eigenvalue weighted by molar-refractivity contribution is 4.90. The maximum absolute atomic E-state index is 5.34. The number of hydrogen-bond donors (Lipinski definition) is 1. The Morgan fingerprint density at radius 3 is 2.35 bits per heavy atom. The number of ether oxygens (including phenoxy) is 1. The average molecular weight is 284 g/mol. The Labute approximate surface area is 126 Å². The quantitative estimate of drug-likeness (QED) is 0.667. The van der Waals surface area contributed by atoms with E-state index >= 15 is 0 Å². The third-order valence-corrected chi connectivity index (χ3v) is 4.69. The third-order valence-electron chi connectivity index (χ3n) is 4.69. The average Bonchev–Trinajstić information content (AvgIpc) is 2.85. The van der Waals surface area contributed by atoms with Crippen LogP contribution in [-0.4, -0.2) is 50.8 Å². The van der Waals surface area contributed by atoms with E-state index in [9.17, 15) is 0 Å². The van der Waals surface area contributed by atoms with Gasteiger partial charge in [0.05, 0.1) is 6.61 Å². The van der Waals surface area contributed by atoms with Gasteiger partial charge in [0.15, 0.2) is 0 Å². The molecule has 0 amide bonds. The van der Waals surface area contributed by atoms with Crippen LogP contribution in [0, 0.1) is 11.3 Å². The first kappa shape index (κ1) is 17.9. The van der Waals surface area contributed by atoms with Gasteiger partial charge in [-0.25, -0.2) is 0 Å². The van der Waals surface area contributed by atoms with E-state index in [1.54, 1.807) is 7.11 Å². The maximum atomic E-state index is 5.34. The summed E-state index contributed by atoms with van der Waals surface area (Å²) in [6.45, 7) is 14.6. The predicted molar refractivity (Wildman–Crippen MR) is 87.2 cm³/mol. The second-order valence-electron chi connectivity index (χ2n) is 7.10. The molecule has 1 rings (SSSR count). The molecule has 1 atom stereocenters. The molecule has 0 aromatic rings. The Balaban J connectivity index is 2.55. The van der Waals surface area contributed by atoms with E-state index in [0.29, 0.717) is 11.5 Å². The van der Waals surface area contributed by atoms with Gasteiger partial charge in [-0.2, -0.15) is 0 Å². The number of methoxy groups -OCH3 is 1. The number of rotatable bonds is 10. The van der Waals surface area contributed by atoms with Gasteiger partial charge >= 0.3 is 0 Å². The molecule has 0 bridgehead atoms. The van der Waals surface area contributed by atoms with Crippen LogP contribution in [-0.2, 0) is 4.74 Å². The molecular weight excluding hydrogens is 248 g/mol. The summed E-state index contributed by atoms with van der Waals surface area (Å²) in [5.41, 5.74) is 0.493. The molecule has 0 aromatic heterocycles. The lowest BCUT2D eigenvalue weighted by Gasteiger charge is -2.38. The minimum absolute atomic E-state index is 0.493. The molecule has 0 aromatic carbocycles. The van der Waals surface area contributed by atoms with Gasteiger partial charge in [0.25, 0.3) is 0 Å². The molecular formula is C17H36N2O. The van der Waals surface area contributed by atoms with Crippen LogP contribution in [0.4, 0.5) is 0 Å². The summed E-state index contributed by atoms with van der Waals surface area (Å²) in [4.78, 5) is 2.60. The maximum Gasteiger partial charge on any atom is 0.0615 e. The number of nitrogens with one attached hydrogen (secondary N) is 1. The van der Waals surface area contributed by atoms with Crippen LogP contribution in [0.15, 0.2) is 0 Å². The van der Waals surface area contributed by atoms with E-state index in [1.165, 1.54) is 38.8 Å². The molecule has 3 heteroatoms. The standard InChI is InChI=1S/C17H36N2O/c1-6-19(16(4)12-20-5)14-17(9-7-8-10-17)13-18-11-15(2)3/h15-16,18H,6-14H2,1-5H3. The van der Waals surface area contributed by atoms with Crippen molar-refractivity contribution in [1.82, 2.24) is 10.2 Å². The van der Waals surface area contributed by atoms with Crippen molar-refractivity contribution in [2.75, 3.05) is 39.9 Å². The Kier molecular flexibility index (Phi) is 8.08. The first-order chi connectivity index (χ1) is 9.53. The van der Waals surface area contributed by atoms with E-state index in [0.717, 1.165) is 25.6 Å². The van der Waals surface area contributed by atoms with Crippen LogP contribution in [0.1, 0.15) is 53.4 Å². The van der Waals surface area contributed by atoms with Crippen LogP contribution in [0.25, 0.3) is 0 Å². The Morgan fingerprint density at radius 2 is 1.85 bits per heavy atom. The molecule has 1 aliphatic rings. The fraction of sp³-hybridized carbons (Fsp3) is 1.00. The minimum Gasteiger partial charge on any atom is -0.383 e. The number of hydrogen-bond acceptors (Lipinski definition) is 3. The summed E-state index contributed by atoms with van der Waals surface area (Å²) in [6.07, 6.45) is 5.57. The van der Waals surface area contributed by atoms with Crippen molar-refractivity contribution >= 4 is 0 Å². The first-order valence-corrected chi connectivity index (χ1v) is 8.46. The van der Waals surface area contributed by atoms with Crippen molar-refractivity contribution in [3.8, 4) is 0 Å². The second kappa shape index (κ2) is 9.01. The van der Waals surface area contributed by atoms with E-state index in [1.807, 2.05) is 0 Å².